The van der Waals surface area contributed by atoms with E-state index >= 15 is 0 Å². The van der Waals surface area contributed by atoms with Gasteiger partial charge in [0.25, 0.3) is 0 Å². The average Bonchev–Trinajstić information content (AvgIpc) is 3.79. The molecule has 12 aromatic carbocycles. The molecule has 2 heteroatoms. The summed E-state index contributed by atoms with van der Waals surface area (Å²) in [6.07, 6.45) is 0. The van der Waals surface area contributed by atoms with Crippen molar-refractivity contribution in [3.05, 3.63) is 279 Å². The first-order valence-corrected chi connectivity index (χ1v) is 24.1. The van der Waals surface area contributed by atoms with E-state index in [0.29, 0.717) is 0 Å². The highest BCUT2D eigenvalue weighted by Gasteiger charge is 2.18. The highest BCUT2D eigenvalue weighted by molar-refractivity contribution is 6.16. The molecule has 0 aliphatic heterocycles. The van der Waals surface area contributed by atoms with Crippen LogP contribution in [0.25, 0.3) is 105 Å². The summed E-state index contributed by atoms with van der Waals surface area (Å²) in [5, 5.41) is 7.57. The van der Waals surface area contributed by atoms with Crippen LogP contribution in [0.4, 0.5) is 17.1 Å². The predicted molar refractivity (Wildman–Crippen MR) is 298 cm³/mol. The molecular formula is C68H46N2. The minimum atomic E-state index is 1.08. The van der Waals surface area contributed by atoms with Gasteiger partial charge in [0, 0.05) is 33.5 Å². The van der Waals surface area contributed by atoms with Crippen molar-refractivity contribution in [2.24, 2.45) is 0 Å². The summed E-state index contributed by atoms with van der Waals surface area (Å²) in [5.41, 5.74) is 18.7. The van der Waals surface area contributed by atoms with Crippen molar-refractivity contribution < 1.29 is 0 Å². The van der Waals surface area contributed by atoms with Crippen molar-refractivity contribution in [3.63, 3.8) is 0 Å². The predicted octanol–water partition coefficient (Wildman–Crippen LogP) is 18.9. The number of para-hydroxylation sites is 2. The first-order valence-electron chi connectivity index (χ1n) is 24.1. The Bertz CT molecular complexity index is 4040. The number of hydrogen-bond donors (Lipinski definition) is 0. The Morgan fingerprint density at radius 3 is 1.51 bits per heavy atom. The molecule has 0 aliphatic carbocycles. The first-order chi connectivity index (χ1) is 34.7. The van der Waals surface area contributed by atoms with E-state index in [1.807, 2.05) is 0 Å². The van der Waals surface area contributed by atoms with Crippen LogP contribution >= 0.6 is 0 Å². The minimum absolute atomic E-state index is 1.08. The molecule has 2 nitrogen and oxygen atoms in total. The lowest BCUT2D eigenvalue weighted by atomic mass is 9.94. The van der Waals surface area contributed by atoms with Crippen molar-refractivity contribution in [3.8, 4) is 61.3 Å². The molecule has 0 saturated heterocycles. The lowest BCUT2D eigenvalue weighted by molar-refractivity contribution is 1.18. The van der Waals surface area contributed by atoms with Crippen LogP contribution in [0.1, 0.15) is 0 Å². The molecule has 0 atom stereocenters. The van der Waals surface area contributed by atoms with Crippen molar-refractivity contribution >= 4 is 60.4 Å². The molecule has 70 heavy (non-hydrogen) atoms. The largest absolute Gasteiger partial charge is 0.310 e. The number of rotatable bonds is 9. The van der Waals surface area contributed by atoms with E-state index in [0.717, 1.165) is 33.9 Å². The van der Waals surface area contributed by atoms with Crippen molar-refractivity contribution in [2.45, 2.75) is 0 Å². The quantitative estimate of drug-likeness (QED) is 0.131. The van der Waals surface area contributed by atoms with Gasteiger partial charge in [0.15, 0.2) is 0 Å². The Kier molecular flexibility index (Phi) is 10.2. The number of benzene rings is 12. The van der Waals surface area contributed by atoms with Gasteiger partial charge in [-0.05, 0) is 150 Å². The molecule has 0 spiro atoms. The first kappa shape index (κ1) is 41.0. The third-order valence-electron chi connectivity index (χ3n) is 14.0. The molecule has 0 amide bonds. The molecular weight excluding hydrogens is 845 g/mol. The molecule has 328 valence electrons. The van der Waals surface area contributed by atoms with Crippen molar-refractivity contribution in [1.82, 2.24) is 4.57 Å². The Labute approximate surface area is 408 Å². The maximum Gasteiger partial charge on any atom is 0.0547 e. The molecule has 0 aliphatic rings. The fraction of sp³-hybridized carbons (Fsp3) is 0. The van der Waals surface area contributed by atoms with Crippen LogP contribution in [0.5, 0.6) is 0 Å². The Balaban J connectivity index is 0.900. The molecule has 0 unspecified atom stereocenters. The maximum atomic E-state index is 2.39. The van der Waals surface area contributed by atoms with Crippen molar-refractivity contribution in [2.75, 3.05) is 4.90 Å². The van der Waals surface area contributed by atoms with Crippen LogP contribution in [0.3, 0.4) is 0 Å². The lowest BCUT2D eigenvalue weighted by Crippen LogP contribution is -2.10. The molecule has 0 N–H and O–H groups in total. The Morgan fingerprint density at radius 1 is 0.243 bits per heavy atom. The number of hydrogen-bond acceptors (Lipinski definition) is 1. The van der Waals surface area contributed by atoms with Gasteiger partial charge >= 0.3 is 0 Å². The van der Waals surface area contributed by atoms with Gasteiger partial charge < -0.3 is 9.47 Å². The topological polar surface area (TPSA) is 8.17 Å². The molecule has 13 rings (SSSR count). The molecule has 13 aromatic rings. The van der Waals surface area contributed by atoms with E-state index in [9.17, 15) is 0 Å². The summed E-state index contributed by atoms with van der Waals surface area (Å²) in [6.45, 7) is 0. The average molecular weight is 891 g/mol. The standard InChI is InChI=1S/C68H46N2/c1-3-16-48(17-4-1)60-26-9-10-27-62(60)50-36-41-58(42-37-50)69(57-39-34-47(35-40-57)53-38-43-63-55(45-53)33-32-49-18-7-8-25-61(49)63)59-24-14-20-52(46-59)51-19-13-21-54(44-51)64-29-15-31-67-68(64)65-28-11-12-30-66(65)70(67)56-22-5-2-6-23-56/h1-46H. The number of nitrogens with zero attached hydrogens (tertiary/aromatic N) is 2. The van der Waals surface area contributed by atoms with Crippen LogP contribution in [-0.4, -0.2) is 4.57 Å². The molecule has 0 bridgehead atoms. The fourth-order valence-electron chi connectivity index (χ4n) is 10.6. The van der Waals surface area contributed by atoms with Crippen molar-refractivity contribution in [1.29, 1.82) is 0 Å². The summed E-state index contributed by atoms with van der Waals surface area (Å²) >= 11 is 0. The van der Waals surface area contributed by atoms with Crippen LogP contribution in [-0.2, 0) is 0 Å². The van der Waals surface area contributed by atoms with Crippen LogP contribution in [0.2, 0.25) is 0 Å². The van der Waals surface area contributed by atoms with Gasteiger partial charge in [0.05, 0.1) is 11.0 Å². The van der Waals surface area contributed by atoms with E-state index in [-0.39, 0.29) is 0 Å². The van der Waals surface area contributed by atoms with E-state index in [4.69, 9.17) is 0 Å². The number of anilines is 3. The highest BCUT2D eigenvalue weighted by atomic mass is 15.1. The monoisotopic (exact) mass is 890 g/mol. The van der Waals surface area contributed by atoms with Gasteiger partial charge in [-0.1, -0.05) is 206 Å². The lowest BCUT2D eigenvalue weighted by Gasteiger charge is -2.26. The zero-order valence-electron chi connectivity index (χ0n) is 38.5. The van der Waals surface area contributed by atoms with E-state index < -0.39 is 0 Å². The van der Waals surface area contributed by atoms with Gasteiger partial charge in [-0.25, -0.2) is 0 Å². The minimum Gasteiger partial charge on any atom is -0.310 e. The summed E-state index contributed by atoms with van der Waals surface area (Å²) in [4.78, 5) is 2.38. The van der Waals surface area contributed by atoms with Gasteiger partial charge in [-0.15, -0.1) is 0 Å². The van der Waals surface area contributed by atoms with Crippen LogP contribution in [0, 0.1) is 0 Å². The summed E-state index contributed by atoms with van der Waals surface area (Å²) in [5.74, 6) is 0. The zero-order chi connectivity index (χ0) is 46.4. The second kappa shape index (κ2) is 17.4. The zero-order valence-corrected chi connectivity index (χ0v) is 38.5. The molecule has 0 radical (unpaired) electrons. The maximum absolute atomic E-state index is 2.39. The normalized spacial score (nSPS) is 11.4. The van der Waals surface area contributed by atoms with Gasteiger partial charge in [0.1, 0.15) is 0 Å². The Morgan fingerprint density at radius 2 is 0.743 bits per heavy atom. The molecule has 1 heterocycles. The third kappa shape index (κ3) is 7.31. The number of fused-ring (bicyclic) bond motifs is 6. The SMILES string of the molecule is c1ccc(-c2ccccc2-c2ccc(N(c3ccc(-c4ccc5c(ccc6ccccc65)c4)cc3)c3cccc(-c4cccc(-c5cccc6c5c5ccccc5n6-c5ccccc5)c4)c3)cc2)cc1. The van der Waals surface area contributed by atoms with Gasteiger partial charge in [-0.2, -0.15) is 0 Å². The smallest absolute Gasteiger partial charge is 0.0547 e. The molecule has 1 aromatic heterocycles. The van der Waals surface area contributed by atoms with E-state index in [1.165, 1.54) is 87.9 Å². The number of aromatic nitrogens is 1. The van der Waals surface area contributed by atoms with Crippen LogP contribution in [0.15, 0.2) is 279 Å². The molecule has 0 saturated carbocycles. The summed E-state index contributed by atoms with van der Waals surface area (Å²) in [7, 11) is 0. The van der Waals surface area contributed by atoms with E-state index in [2.05, 4.69) is 289 Å². The summed E-state index contributed by atoms with van der Waals surface area (Å²) in [6, 6.07) is 102. The fourth-order valence-corrected chi connectivity index (χ4v) is 10.6. The Hall–Kier alpha value is -9.24. The van der Waals surface area contributed by atoms with Gasteiger partial charge in [0.2, 0.25) is 0 Å². The second-order valence-corrected chi connectivity index (χ2v) is 18.1. The van der Waals surface area contributed by atoms with Gasteiger partial charge in [-0.3, -0.25) is 0 Å². The van der Waals surface area contributed by atoms with Crippen LogP contribution < -0.4 is 4.90 Å². The highest BCUT2D eigenvalue weighted by Crippen LogP contribution is 2.43. The van der Waals surface area contributed by atoms with E-state index in [1.54, 1.807) is 0 Å². The third-order valence-corrected chi connectivity index (χ3v) is 14.0. The molecule has 0 fully saturated rings. The summed E-state index contributed by atoms with van der Waals surface area (Å²) < 4.78 is 2.39. The second-order valence-electron chi connectivity index (χ2n) is 18.1.